The highest BCUT2D eigenvalue weighted by atomic mass is 35.5. The lowest BCUT2D eigenvalue weighted by molar-refractivity contribution is 0.296. The summed E-state index contributed by atoms with van der Waals surface area (Å²) in [7, 11) is -3.55. The van der Waals surface area contributed by atoms with Gasteiger partial charge in [-0.3, -0.25) is 0 Å². The minimum Gasteiger partial charge on any atom is -0.490 e. The van der Waals surface area contributed by atoms with Crippen LogP contribution in [0.25, 0.3) is 0 Å². The van der Waals surface area contributed by atoms with Crippen LogP contribution in [0, 0.1) is 5.92 Å². The van der Waals surface area contributed by atoms with Crippen LogP contribution in [0.3, 0.4) is 0 Å². The van der Waals surface area contributed by atoms with Crippen molar-refractivity contribution in [1.29, 1.82) is 0 Å². The molecule has 2 atom stereocenters. The molecule has 8 heteroatoms. The van der Waals surface area contributed by atoms with Crippen molar-refractivity contribution < 1.29 is 17.9 Å². The summed E-state index contributed by atoms with van der Waals surface area (Å²) in [6.07, 6.45) is 1.59. The third-order valence-electron chi connectivity index (χ3n) is 4.12. The van der Waals surface area contributed by atoms with Crippen LogP contribution in [0.1, 0.15) is 19.8 Å². The molecule has 0 aliphatic carbocycles. The van der Waals surface area contributed by atoms with Gasteiger partial charge in [-0.15, -0.1) is 12.4 Å². The van der Waals surface area contributed by atoms with Gasteiger partial charge in [0.05, 0.1) is 18.1 Å². The maximum atomic E-state index is 12.6. The van der Waals surface area contributed by atoms with Crippen LogP contribution in [-0.4, -0.2) is 40.8 Å². The topological polar surface area (TPSA) is 76.7 Å². The van der Waals surface area contributed by atoms with Gasteiger partial charge in [-0.25, -0.2) is 13.1 Å². The van der Waals surface area contributed by atoms with Gasteiger partial charge in [0, 0.05) is 18.5 Å². The zero-order valence-corrected chi connectivity index (χ0v) is 14.7. The summed E-state index contributed by atoms with van der Waals surface area (Å²) in [5.41, 5.74) is 0. The second kappa shape index (κ2) is 7.70. The van der Waals surface area contributed by atoms with E-state index in [0.29, 0.717) is 24.7 Å². The molecule has 1 aromatic carbocycles. The third-order valence-corrected chi connectivity index (χ3v) is 5.61. The summed E-state index contributed by atoms with van der Waals surface area (Å²) in [6.45, 7) is 4.83. The number of hydrogen-bond acceptors (Lipinski definition) is 5. The standard InChI is InChI=1S/C15H22N2O4S.ClH/c1-11-10-16-6-5-13(11)17-22(18,19)12-3-4-14-15(9-12)21-8-2-7-20-14;/h3-4,9,11,13,16-17H,2,5-8,10H2,1H3;1H. The first-order valence-electron chi connectivity index (χ1n) is 7.69. The van der Waals surface area contributed by atoms with E-state index in [-0.39, 0.29) is 29.3 Å². The van der Waals surface area contributed by atoms with Gasteiger partial charge in [-0.05, 0) is 37.6 Å². The lowest BCUT2D eigenvalue weighted by atomic mass is 9.97. The quantitative estimate of drug-likeness (QED) is 0.853. The number of nitrogens with one attached hydrogen (secondary N) is 2. The zero-order chi connectivity index (χ0) is 15.6. The molecule has 2 heterocycles. The number of fused-ring (bicyclic) bond motifs is 1. The summed E-state index contributed by atoms with van der Waals surface area (Å²) in [6, 6.07) is 4.75. The molecule has 1 aromatic rings. The Hall–Kier alpha value is -1.02. The van der Waals surface area contributed by atoms with Gasteiger partial charge in [-0.2, -0.15) is 0 Å². The minimum atomic E-state index is -3.55. The molecule has 3 rings (SSSR count). The van der Waals surface area contributed by atoms with Crippen LogP contribution >= 0.6 is 12.4 Å². The first-order valence-corrected chi connectivity index (χ1v) is 9.17. The summed E-state index contributed by atoms with van der Waals surface area (Å²) < 4.78 is 39.1. The highest BCUT2D eigenvalue weighted by molar-refractivity contribution is 7.89. The Morgan fingerprint density at radius 1 is 1.22 bits per heavy atom. The fraction of sp³-hybridized carbons (Fsp3) is 0.600. The number of ether oxygens (including phenoxy) is 2. The highest BCUT2D eigenvalue weighted by Crippen LogP contribution is 2.32. The molecule has 0 bridgehead atoms. The average Bonchev–Trinajstić information content (AvgIpc) is 2.74. The Balaban J connectivity index is 0.00000192. The normalized spacial score (nSPS) is 24.4. The van der Waals surface area contributed by atoms with Crippen molar-refractivity contribution in [2.45, 2.75) is 30.7 Å². The van der Waals surface area contributed by atoms with E-state index in [0.717, 1.165) is 25.9 Å². The van der Waals surface area contributed by atoms with E-state index in [4.69, 9.17) is 9.47 Å². The summed E-state index contributed by atoms with van der Waals surface area (Å²) in [5, 5.41) is 3.27. The molecule has 2 aliphatic heterocycles. The molecule has 2 N–H and O–H groups in total. The van der Waals surface area contributed by atoms with Gasteiger partial charge < -0.3 is 14.8 Å². The fourth-order valence-corrected chi connectivity index (χ4v) is 4.16. The van der Waals surface area contributed by atoms with Crippen LogP contribution in [0.4, 0.5) is 0 Å². The van der Waals surface area contributed by atoms with Crippen LogP contribution in [0.2, 0.25) is 0 Å². The Bertz CT molecular complexity index is 638. The molecule has 2 aliphatic rings. The molecule has 1 fully saturated rings. The van der Waals surface area contributed by atoms with E-state index in [2.05, 4.69) is 10.0 Å². The minimum absolute atomic E-state index is 0. The number of sulfonamides is 1. The van der Waals surface area contributed by atoms with Gasteiger partial charge in [0.2, 0.25) is 10.0 Å². The van der Waals surface area contributed by atoms with Crippen molar-refractivity contribution in [3.05, 3.63) is 18.2 Å². The molecule has 0 aromatic heterocycles. The number of piperidine rings is 1. The van der Waals surface area contributed by atoms with Gasteiger partial charge >= 0.3 is 0 Å². The van der Waals surface area contributed by atoms with Crippen LogP contribution in [0.15, 0.2) is 23.1 Å². The fourth-order valence-electron chi connectivity index (χ4n) is 2.77. The lowest BCUT2D eigenvalue weighted by Crippen LogP contribution is -2.48. The molecule has 0 amide bonds. The van der Waals surface area contributed by atoms with E-state index in [1.165, 1.54) is 0 Å². The van der Waals surface area contributed by atoms with Crippen molar-refractivity contribution in [1.82, 2.24) is 10.0 Å². The molecule has 6 nitrogen and oxygen atoms in total. The highest BCUT2D eigenvalue weighted by Gasteiger charge is 2.27. The van der Waals surface area contributed by atoms with Crippen molar-refractivity contribution in [2.75, 3.05) is 26.3 Å². The van der Waals surface area contributed by atoms with Crippen LogP contribution in [-0.2, 0) is 10.0 Å². The second-order valence-electron chi connectivity index (χ2n) is 5.86. The zero-order valence-electron chi connectivity index (χ0n) is 13.1. The monoisotopic (exact) mass is 362 g/mol. The Morgan fingerprint density at radius 3 is 2.70 bits per heavy atom. The summed E-state index contributed by atoms with van der Waals surface area (Å²) in [5.74, 6) is 1.37. The molecule has 2 unspecified atom stereocenters. The summed E-state index contributed by atoms with van der Waals surface area (Å²) in [4.78, 5) is 0.225. The first-order chi connectivity index (χ1) is 10.6. The van der Waals surface area contributed by atoms with Crippen LogP contribution < -0.4 is 19.5 Å². The first kappa shape index (κ1) is 18.3. The summed E-state index contributed by atoms with van der Waals surface area (Å²) >= 11 is 0. The van der Waals surface area contributed by atoms with E-state index in [1.54, 1.807) is 18.2 Å². The van der Waals surface area contributed by atoms with Crippen molar-refractivity contribution in [2.24, 2.45) is 5.92 Å². The molecule has 0 radical (unpaired) electrons. The van der Waals surface area contributed by atoms with Gasteiger partial charge in [-0.1, -0.05) is 6.92 Å². The van der Waals surface area contributed by atoms with Crippen molar-refractivity contribution in [3.63, 3.8) is 0 Å². The number of halogens is 1. The molecule has 0 saturated carbocycles. The number of benzene rings is 1. The Labute approximate surface area is 143 Å². The predicted octanol–water partition coefficient (Wildman–Crippen LogP) is 1.55. The van der Waals surface area contributed by atoms with E-state index < -0.39 is 10.0 Å². The van der Waals surface area contributed by atoms with Crippen molar-refractivity contribution >= 4 is 22.4 Å². The smallest absolute Gasteiger partial charge is 0.240 e. The molecule has 23 heavy (non-hydrogen) atoms. The molecule has 1 saturated heterocycles. The van der Waals surface area contributed by atoms with Crippen molar-refractivity contribution in [3.8, 4) is 11.5 Å². The predicted molar refractivity (Wildman–Crippen MR) is 90.1 cm³/mol. The maximum absolute atomic E-state index is 12.6. The second-order valence-corrected chi connectivity index (χ2v) is 7.57. The maximum Gasteiger partial charge on any atom is 0.240 e. The van der Waals surface area contributed by atoms with E-state index >= 15 is 0 Å². The molecule has 130 valence electrons. The van der Waals surface area contributed by atoms with Gasteiger partial charge in [0.15, 0.2) is 11.5 Å². The van der Waals surface area contributed by atoms with E-state index in [1.807, 2.05) is 6.92 Å². The van der Waals surface area contributed by atoms with E-state index in [9.17, 15) is 8.42 Å². The number of rotatable bonds is 3. The molecular weight excluding hydrogens is 340 g/mol. The third kappa shape index (κ3) is 4.29. The largest absolute Gasteiger partial charge is 0.490 e. The van der Waals surface area contributed by atoms with Crippen LogP contribution in [0.5, 0.6) is 11.5 Å². The van der Waals surface area contributed by atoms with Gasteiger partial charge in [0.1, 0.15) is 0 Å². The average molecular weight is 363 g/mol. The Morgan fingerprint density at radius 2 is 1.96 bits per heavy atom. The lowest BCUT2D eigenvalue weighted by Gasteiger charge is -2.30. The van der Waals surface area contributed by atoms with Gasteiger partial charge in [0.25, 0.3) is 0 Å². The molecular formula is C15H23ClN2O4S. The molecule has 0 spiro atoms. The Kier molecular flexibility index (Phi) is 6.13. The number of hydrogen-bond donors (Lipinski definition) is 2. The SMILES string of the molecule is CC1CNCCC1NS(=O)(=O)c1ccc2c(c1)OCCCO2.Cl.